The SMILES string of the molecule is CCN(Cc1cccs1)S(=O)(=O)c1ccc(C#N)cc1Cl. The fourth-order valence-corrected chi connectivity index (χ4v) is 4.61. The van der Waals surface area contributed by atoms with Gasteiger partial charge in [-0.15, -0.1) is 11.3 Å². The van der Waals surface area contributed by atoms with Gasteiger partial charge in [-0.25, -0.2) is 8.42 Å². The first-order valence-corrected chi connectivity index (χ1v) is 8.91. The van der Waals surface area contributed by atoms with E-state index in [0.717, 1.165) is 4.88 Å². The Kier molecular flexibility index (Phi) is 5.01. The van der Waals surface area contributed by atoms with Crippen molar-refractivity contribution in [1.29, 1.82) is 5.26 Å². The molecular formula is C14H13ClN2O2S2. The molecule has 0 saturated heterocycles. The minimum absolute atomic E-state index is 0.0292. The Morgan fingerprint density at radius 1 is 1.38 bits per heavy atom. The van der Waals surface area contributed by atoms with Crippen LogP contribution in [0.5, 0.6) is 0 Å². The van der Waals surface area contributed by atoms with Gasteiger partial charge in [0, 0.05) is 18.0 Å². The van der Waals surface area contributed by atoms with E-state index in [9.17, 15) is 8.42 Å². The molecule has 0 atom stereocenters. The smallest absolute Gasteiger partial charge is 0.207 e. The van der Waals surface area contributed by atoms with E-state index in [1.807, 2.05) is 23.6 Å². The van der Waals surface area contributed by atoms with Crippen LogP contribution in [0.1, 0.15) is 17.4 Å². The standard InChI is InChI=1S/C14H13ClN2O2S2/c1-2-17(10-12-4-3-7-20-12)21(18,19)14-6-5-11(9-16)8-13(14)15/h3-8H,2,10H2,1H3. The summed E-state index contributed by atoms with van der Waals surface area (Å²) in [6, 6.07) is 9.92. The maximum absolute atomic E-state index is 12.7. The van der Waals surface area contributed by atoms with E-state index >= 15 is 0 Å². The summed E-state index contributed by atoms with van der Waals surface area (Å²) in [4.78, 5) is 0.992. The van der Waals surface area contributed by atoms with Crippen LogP contribution in [0.25, 0.3) is 0 Å². The van der Waals surface area contributed by atoms with Crippen LogP contribution in [-0.4, -0.2) is 19.3 Å². The zero-order valence-corrected chi connectivity index (χ0v) is 13.7. The van der Waals surface area contributed by atoms with Crippen molar-refractivity contribution in [2.45, 2.75) is 18.4 Å². The number of thiophene rings is 1. The number of benzene rings is 1. The zero-order chi connectivity index (χ0) is 15.5. The molecule has 0 aliphatic heterocycles. The lowest BCUT2D eigenvalue weighted by atomic mass is 10.2. The van der Waals surface area contributed by atoms with Gasteiger partial charge in [0.1, 0.15) is 4.90 Å². The van der Waals surface area contributed by atoms with E-state index in [-0.39, 0.29) is 9.92 Å². The Morgan fingerprint density at radius 2 is 2.14 bits per heavy atom. The van der Waals surface area contributed by atoms with Crippen molar-refractivity contribution in [3.63, 3.8) is 0 Å². The highest BCUT2D eigenvalue weighted by Gasteiger charge is 2.26. The Labute approximate surface area is 133 Å². The molecule has 0 amide bonds. The summed E-state index contributed by atoms with van der Waals surface area (Å²) in [7, 11) is -3.68. The van der Waals surface area contributed by atoms with E-state index in [0.29, 0.717) is 18.7 Å². The van der Waals surface area contributed by atoms with E-state index in [4.69, 9.17) is 16.9 Å². The predicted octanol–water partition coefficient (Wildman–Crippen LogP) is 3.48. The minimum Gasteiger partial charge on any atom is -0.207 e. The molecule has 110 valence electrons. The summed E-state index contributed by atoms with van der Waals surface area (Å²) in [5.74, 6) is 0. The highest BCUT2D eigenvalue weighted by molar-refractivity contribution is 7.89. The summed E-state index contributed by atoms with van der Waals surface area (Å²) in [5, 5.41) is 10.8. The molecule has 21 heavy (non-hydrogen) atoms. The predicted molar refractivity (Wildman–Crippen MR) is 83.8 cm³/mol. The lowest BCUT2D eigenvalue weighted by molar-refractivity contribution is 0.426. The van der Waals surface area contributed by atoms with Crippen LogP contribution in [-0.2, 0) is 16.6 Å². The fourth-order valence-electron chi connectivity index (χ4n) is 1.86. The molecule has 0 saturated carbocycles. The summed E-state index contributed by atoms with van der Waals surface area (Å²) in [6.07, 6.45) is 0. The molecule has 0 bridgehead atoms. The van der Waals surface area contributed by atoms with Crippen molar-refractivity contribution < 1.29 is 8.42 Å². The van der Waals surface area contributed by atoms with Crippen molar-refractivity contribution in [2.24, 2.45) is 0 Å². The normalized spacial score (nSPS) is 11.5. The molecule has 1 aromatic carbocycles. The van der Waals surface area contributed by atoms with Crippen LogP contribution < -0.4 is 0 Å². The number of nitriles is 1. The van der Waals surface area contributed by atoms with Gasteiger partial charge < -0.3 is 0 Å². The first-order valence-electron chi connectivity index (χ1n) is 6.21. The van der Waals surface area contributed by atoms with Crippen LogP contribution >= 0.6 is 22.9 Å². The van der Waals surface area contributed by atoms with Gasteiger partial charge in [-0.2, -0.15) is 9.57 Å². The highest BCUT2D eigenvalue weighted by Crippen LogP contribution is 2.27. The van der Waals surface area contributed by atoms with Gasteiger partial charge in [-0.3, -0.25) is 0 Å². The lowest BCUT2D eigenvalue weighted by Crippen LogP contribution is -2.30. The maximum Gasteiger partial charge on any atom is 0.244 e. The number of sulfonamides is 1. The first-order chi connectivity index (χ1) is 9.98. The van der Waals surface area contributed by atoms with Crippen molar-refractivity contribution >= 4 is 33.0 Å². The molecule has 0 aliphatic carbocycles. The average Bonchev–Trinajstić information content (AvgIpc) is 2.97. The van der Waals surface area contributed by atoms with E-state index in [1.54, 1.807) is 6.92 Å². The van der Waals surface area contributed by atoms with E-state index in [2.05, 4.69) is 0 Å². The van der Waals surface area contributed by atoms with Gasteiger partial charge in [-0.05, 0) is 29.6 Å². The first kappa shape index (κ1) is 16.0. The third kappa shape index (κ3) is 3.44. The molecule has 0 fully saturated rings. The van der Waals surface area contributed by atoms with Gasteiger partial charge in [-0.1, -0.05) is 24.6 Å². The number of hydrogen-bond donors (Lipinski definition) is 0. The minimum atomic E-state index is -3.68. The van der Waals surface area contributed by atoms with E-state index in [1.165, 1.54) is 33.8 Å². The Morgan fingerprint density at radius 3 is 2.67 bits per heavy atom. The second kappa shape index (κ2) is 6.58. The van der Waals surface area contributed by atoms with Gasteiger partial charge in [0.2, 0.25) is 10.0 Å². The van der Waals surface area contributed by atoms with Crippen LogP contribution in [0.15, 0.2) is 40.6 Å². The fraction of sp³-hybridized carbons (Fsp3) is 0.214. The van der Waals surface area contributed by atoms with Gasteiger partial charge >= 0.3 is 0 Å². The van der Waals surface area contributed by atoms with Crippen molar-refractivity contribution in [3.05, 3.63) is 51.2 Å². The molecule has 0 aliphatic rings. The second-order valence-electron chi connectivity index (χ2n) is 4.27. The molecule has 0 radical (unpaired) electrons. The zero-order valence-electron chi connectivity index (χ0n) is 11.3. The summed E-state index contributed by atoms with van der Waals surface area (Å²) in [5.41, 5.74) is 0.334. The number of hydrogen-bond acceptors (Lipinski definition) is 4. The van der Waals surface area contributed by atoms with Gasteiger partial charge in [0.25, 0.3) is 0 Å². The van der Waals surface area contributed by atoms with Crippen molar-refractivity contribution in [3.8, 4) is 6.07 Å². The average molecular weight is 341 g/mol. The lowest BCUT2D eigenvalue weighted by Gasteiger charge is -2.20. The quantitative estimate of drug-likeness (QED) is 0.837. The number of rotatable bonds is 5. The van der Waals surface area contributed by atoms with Crippen LogP contribution in [0.4, 0.5) is 0 Å². The Hall–Kier alpha value is -1.39. The third-order valence-electron chi connectivity index (χ3n) is 2.94. The molecule has 2 rings (SSSR count). The molecule has 0 spiro atoms. The summed E-state index contributed by atoms with van der Waals surface area (Å²) in [6.45, 7) is 2.44. The monoisotopic (exact) mass is 340 g/mol. The highest BCUT2D eigenvalue weighted by atomic mass is 35.5. The topological polar surface area (TPSA) is 61.2 Å². The molecule has 0 unspecified atom stereocenters. The van der Waals surface area contributed by atoms with E-state index < -0.39 is 10.0 Å². The molecule has 1 heterocycles. The second-order valence-corrected chi connectivity index (χ2v) is 7.61. The third-order valence-corrected chi connectivity index (χ3v) is 6.21. The largest absolute Gasteiger partial charge is 0.244 e. The van der Waals surface area contributed by atoms with Gasteiger partial charge in [0.05, 0.1) is 16.7 Å². The summed E-state index contributed by atoms with van der Waals surface area (Å²) >= 11 is 7.53. The molecule has 2 aromatic rings. The molecule has 1 aromatic heterocycles. The molecule has 4 nitrogen and oxygen atoms in total. The van der Waals surface area contributed by atoms with Crippen LogP contribution in [0, 0.1) is 11.3 Å². The Bertz CT molecular complexity index is 765. The van der Waals surface area contributed by atoms with Crippen molar-refractivity contribution in [2.75, 3.05) is 6.54 Å². The number of halogens is 1. The van der Waals surface area contributed by atoms with Crippen LogP contribution in [0.3, 0.4) is 0 Å². The molecule has 0 N–H and O–H groups in total. The van der Waals surface area contributed by atoms with Crippen molar-refractivity contribution in [1.82, 2.24) is 4.31 Å². The molecular weight excluding hydrogens is 328 g/mol. The maximum atomic E-state index is 12.7. The number of nitrogens with zero attached hydrogens (tertiary/aromatic N) is 2. The summed E-state index contributed by atoms with van der Waals surface area (Å²) < 4.78 is 26.7. The van der Waals surface area contributed by atoms with Gasteiger partial charge in [0.15, 0.2) is 0 Å². The molecule has 7 heteroatoms. The van der Waals surface area contributed by atoms with Crippen LogP contribution in [0.2, 0.25) is 5.02 Å². The Balaban J connectivity index is 2.38.